The fourth-order valence-corrected chi connectivity index (χ4v) is 1.77. The number of unbranched alkanes of at least 4 members (excludes halogenated alkanes) is 1. The first-order valence-corrected chi connectivity index (χ1v) is 6.87. The third-order valence-corrected chi connectivity index (χ3v) is 2.80. The van der Waals surface area contributed by atoms with Gasteiger partial charge in [0.25, 0.3) is 0 Å². The van der Waals surface area contributed by atoms with Crippen LogP contribution in [-0.2, 0) is 9.53 Å². The molecule has 0 radical (unpaired) electrons. The number of carbonyl (C=O) groups is 2. The second-order valence-corrected chi connectivity index (χ2v) is 5.97. The van der Waals surface area contributed by atoms with Crippen LogP contribution in [0.2, 0.25) is 0 Å². The number of alkyl carbamates (subject to hydrolysis) is 1. The standard InChI is InChI=1S/C14H27NO4/c1-6-7-8-10(2)11(9-12(16)17)15-13(18)19-14(3,4)5/h10-11H,6-9H2,1-5H3,(H,15,18)(H,16,17). The maximum atomic E-state index is 11.7. The Labute approximate surface area is 115 Å². The van der Waals surface area contributed by atoms with Crippen LogP contribution < -0.4 is 5.32 Å². The summed E-state index contributed by atoms with van der Waals surface area (Å²) in [6.07, 6.45) is 2.33. The van der Waals surface area contributed by atoms with Crippen LogP contribution in [0.4, 0.5) is 4.79 Å². The van der Waals surface area contributed by atoms with Crippen molar-refractivity contribution >= 4 is 12.1 Å². The van der Waals surface area contributed by atoms with Gasteiger partial charge in [0.2, 0.25) is 0 Å². The van der Waals surface area contributed by atoms with Gasteiger partial charge in [0, 0.05) is 6.04 Å². The molecule has 5 heteroatoms. The van der Waals surface area contributed by atoms with E-state index in [0.29, 0.717) is 0 Å². The van der Waals surface area contributed by atoms with Crippen LogP contribution in [0, 0.1) is 5.92 Å². The molecule has 0 heterocycles. The lowest BCUT2D eigenvalue weighted by Gasteiger charge is -2.26. The number of hydrogen-bond donors (Lipinski definition) is 2. The molecule has 5 nitrogen and oxygen atoms in total. The van der Waals surface area contributed by atoms with Crippen molar-refractivity contribution in [2.45, 2.75) is 71.9 Å². The van der Waals surface area contributed by atoms with Gasteiger partial charge in [0.1, 0.15) is 5.60 Å². The highest BCUT2D eigenvalue weighted by Crippen LogP contribution is 2.16. The van der Waals surface area contributed by atoms with Gasteiger partial charge in [0.15, 0.2) is 0 Å². The summed E-state index contributed by atoms with van der Waals surface area (Å²) in [5.74, 6) is -0.798. The molecule has 2 N–H and O–H groups in total. The van der Waals surface area contributed by atoms with Gasteiger partial charge in [-0.3, -0.25) is 4.79 Å². The lowest BCUT2D eigenvalue weighted by atomic mass is 9.93. The third kappa shape index (κ3) is 9.33. The number of hydrogen-bond acceptors (Lipinski definition) is 3. The zero-order valence-electron chi connectivity index (χ0n) is 12.7. The van der Waals surface area contributed by atoms with E-state index in [9.17, 15) is 9.59 Å². The molecule has 0 aliphatic heterocycles. The van der Waals surface area contributed by atoms with Crippen LogP contribution in [0.3, 0.4) is 0 Å². The highest BCUT2D eigenvalue weighted by molar-refractivity contribution is 5.71. The van der Waals surface area contributed by atoms with Crippen LogP contribution in [0.25, 0.3) is 0 Å². The van der Waals surface area contributed by atoms with Gasteiger partial charge in [-0.1, -0.05) is 26.7 Å². The Hall–Kier alpha value is -1.26. The summed E-state index contributed by atoms with van der Waals surface area (Å²) in [5.41, 5.74) is -0.579. The van der Waals surface area contributed by atoms with Crippen LogP contribution in [-0.4, -0.2) is 28.8 Å². The van der Waals surface area contributed by atoms with Crippen LogP contribution >= 0.6 is 0 Å². The number of rotatable bonds is 7. The maximum absolute atomic E-state index is 11.7. The molecule has 0 fully saturated rings. The van der Waals surface area contributed by atoms with E-state index in [4.69, 9.17) is 9.84 Å². The maximum Gasteiger partial charge on any atom is 0.407 e. The minimum absolute atomic E-state index is 0.0792. The van der Waals surface area contributed by atoms with Gasteiger partial charge in [0.05, 0.1) is 6.42 Å². The largest absolute Gasteiger partial charge is 0.481 e. The Bertz CT molecular complexity index is 296. The highest BCUT2D eigenvalue weighted by Gasteiger charge is 2.24. The molecular formula is C14H27NO4. The summed E-state index contributed by atoms with van der Waals surface area (Å²) in [4.78, 5) is 22.6. The predicted molar refractivity (Wildman–Crippen MR) is 74.1 cm³/mol. The molecule has 2 unspecified atom stereocenters. The number of amides is 1. The molecule has 0 saturated heterocycles. The fourth-order valence-electron chi connectivity index (χ4n) is 1.77. The van der Waals surface area contributed by atoms with Gasteiger partial charge < -0.3 is 15.2 Å². The SMILES string of the molecule is CCCCC(C)C(CC(=O)O)NC(=O)OC(C)(C)C. The quantitative estimate of drug-likeness (QED) is 0.747. The van der Waals surface area contributed by atoms with E-state index < -0.39 is 17.7 Å². The molecule has 0 spiro atoms. The first-order valence-electron chi connectivity index (χ1n) is 6.87. The van der Waals surface area contributed by atoms with E-state index in [1.807, 2.05) is 6.92 Å². The average Bonchev–Trinajstić information content (AvgIpc) is 2.21. The molecule has 0 aromatic heterocycles. The van der Waals surface area contributed by atoms with Gasteiger partial charge in [-0.2, -0.15) is 0 Å². The molecule has 0 aliphatic rings. The zero-order valence-corrected chi connectivity index (χ0v) is 12.7. The summed E-state index contributed by atoms with van der Waals surface area (Å²) in [5, 5.41) is 11.6. The summed E-state index contributed by atoms with van der Waals surface area (Å²) < 4.78 is 5.16. The van der Waals surface area contributed by atoms with Gasteiger partial charge in [-0.25, -0.2) is 4.79 Å². The van der Waals surface area contributed by atoms with Crippen LogP contribution in [0.1, 0.15) is 60.3 Å². The average molecular weight is 273 g/mol. The first kappa shape index (κ1) is 17.7. The van der Waals surface area contributed by atoms with E-state index in [0.717, 1.165) is 19.3 Å². The topological polar surface area (TPSA) is 75.6 Å². The van der Waals surface area contributed by atoms with Gasteiger partial charge >= 0.3 is 12.1 Å². The van der Waals surface area contributed by atoms with Crippen molar-refractivity contribution in [1.29, 1.82) is 0 Å². The summed E-state index contributed by atoms with van der Waals surface area (Å²) >= 11 is 0. The van der Waals surface area contributed by atoms with Crippen molar-refractivity contribution in [3.63, 3.8) is 0 Å². The van der Waals surface area contributed by atoms with Gasteiger partial charge in [-0.05, 0) is 33.1 Å². The van der Waals surface area contributed by atoms with Crippen molar-refractivity contribution in [3.05, 3.63) is 0 Å². The molecule has 2 atom stereocenters. The number of nitrogens with one attached hydrogen (secondary N) is 1. The Morgan fingerprint density at radius 3 is 2.32 bits per heavy atom. The molecule has 19 heavy (non-hydrogen) atoms. The first-order chi connectivity index (χ1) is 8.65. The van der Waals surface area contributed by atoms with E-state index in [-0.39, 0.29) is 18.4 Å². The molecule has 0 saturated carbocycles. The number of carboxylic acid groups (broad SMARTS) is 1. The van der Waals surface area contributed by atoms with E-state index >= 15 is 0 Å². The van der Waals surface area contributed by atoms with Crippen molar-refractivity contribution < 1.29 is 19.4 Å². The normalized spacial score (nSPS) is 14.6. The second kappa shape index (κ2) is 8.02. The lowest BCUT2D eigenvalue weighted by Crippen LogP contribution is -2.43. The summed E-state index contributed by atoms with van der Waals surface area (Å²) in [7, 11) is 0. The van der Waals surface area contributed by atoms with Crippen molar-refractivity contribution in [1.82, 2.24) is 5.32 Å². The molecule has 112 valence electrons. The minimum atomic E-state index is -0.913. The number of aliphatic carboxylic acids is 1. The number of ether oxygens (including phenoxy) is 1. The smallest absolute Gasteiger partial charge is 0.407 e. The Morgan fingerprint density at radius 1 is 1.32 bits per heavy atom. The van der Waals surface area contributed by atoms with E-state index in [2.05, 4.69) is 12.2 Å². The Kier molecular flexibility index (Phi) is 7.49. The Morgan fingerprint density at radius 2 is 1.89 bits per heavy atom. The third-order valence-electron chi connectivity index (χ3n) is 2.80. The molecule has 0 aromatic carbocycles. The van der Waals surface area contributed by atoms with Gasteiger partial charge in [-0.15, -0.1) is 0 Å². The monoisotopic (exact) mass is 273 g/mol. The van der Waals surface area contributed by atoms with Crippen molar-refractivity contribution in [2.24, 2.45) is 5.92 Å². The molecule has 0 aromatic rings. The van der Waals surface area contributed by atoms with Crippen molar-refractivity contribution in [2.75, 3.05) is 0 Å². The highest BCUT2D eigenvalue weighted by atomic mass is 16.6. The molecular weight excluding hydrogens is 246 g/mol. The zero-order chi connectivity index (χ0) is 15.1. The van der Waals surface area contributed by atoms with E-state index in [1.54, 1.807) is 20.8 Å². The fraction of sp³-hybridized carbons (Fsp3) is 0.857. The number of carbonyl (C=O) groups excluding carboxylic acids is 1. The van der Waals surface area contributed by atoms with E-state index in [1.165, 1.54) is 0 Å². The van der Waals surface area contributed by atoms with Crippen LogP contribution in [0.15, 0.2) is 0 Å². The predicted octanol–water partition coefficient (Wildman–Crippen LogP) is 3.18. The summed E-state index contributed by atoms with van der Waals surface area (Å²) in [6, 6.07) is -0.390. The summed E-state index contributed by atoms with van der Waals surface area (Å²) in [6.45, 7) is 9.37. The number of carboxylic acids is 1. The second-order valence-electron chi connectivity index (χ2n) is 5.97. The minimum Gasteiger partial charge on any atom is -0.481 e. The molecule has 0 rings (SSSR count). The molecule has 0 aliphatic carbocycles. The Balaban J connectivity index is 4.49. The van der Waals surface area contributed by atoms with Crippen molar-refractivity contribution in [3.8, 4) is 0 Å². The molecule has 0 bridgehead atoms. The molecule has 1 amide bonds. The lowest BCUT2D eigenvalue weighted by molar-refractivity contribution is -0.137. The van der Waals surface area contributed by atoms with Crippen LogP contribution in [0.5, 0.6) is 0 Å².